The number of guanidine groups is 1. The Morgan fingerprint density at radius 2 is 1.90 bits per heavy atom. The largest absolute Gasteiger partial charge is 0.357 e. The van der Waals surface area contributed by atoms with E-state index in [2.05, 4.69) is 45.3 Å². The smallest absolute Gasteiger partial charge is 0.224 e. The standard InChI is InChI=1S/C24H35N5OS/c1-3-8-23(30)28-20-12-10-19(11-13-20)17-26-24(25-4-2)27-18-21(22-9-7-16-31-22)29-14-5-6-15-29/h7,9-13,16,21H,3-6,8,14-15,17-18H2,1-2H3,(H,28,30)(H2,25,26,27). The van der Waals surface area contributed by atoms with Gasteiger partial charge in [-0.2, -0.15) is 0 Å². The summed E-state index contributed by atoms with van der Waals surface area (Å²) in [6.45, 7) is 8.67. The Morgan fingerprint density at radius 1 is 1.13 bits per heavy atom. The number of carbonyl (C=O) groups excluding carboxylic acids is 1. The molecular weight excluding hydrogens is 406 g/mol. The number of nitrogens with zero attached hydrogens (tertiary/aromatic N) is 2. The number of nitrogens with one attached hydrogen (secondary N) is 3. The molecular formula is C24H35N5OS. The van der Waals surface area contributed by atoms with Gasteiger partial charge in [-0.3, -0.25) is 9.69 Å². The average Bonchev–Trinajstić information content (AvgIpc) is 3.48. The fraction of sp³-hybridized carbons (Fsp3) is 0.500. The van der Waals surface area contributed by atoms with Gasteiger partial charge in [0, 0.05) is 30.1 Å². The summed E-state index contributed by atoms with van der Waals surface area (Å²) in [4.78, 5) is 20.5. The lowest BCUT2D eigenvalue weighted by Gasteiger charge is -2.27. The molecule has 1 atom stereocenters. The number of aliphatic imine (C=N–C) groups is 1. The van der Waals surface area contributed by atoms with E-state index in [0.29, 0.717) is 19.0 Å². The van der Waals surface area contributed by atoms with Gasteiger partial charge < -0.3 is 16.0 Å². The third-order valence-corrected chi connectivity index (χ3v) is 6.37. The number of rotatable bonds is 10. The number of amides is 1. The monoisotopic (exact) mass is 441 g/mol. The molecule has 1 fully saturated rings. The minimum atomic E-state index is 0.0604. The van der Waals surface area contributed by atoms with Gasteiger partial charge in [-0.25, -0.2) is 4.99 Å². The van der Waals surface area contributed by atoms with Gasteiger partial charge in [-0.1, -0.05) is 25.1 Å². The van der Waals surface area contributed by atoms with E-state index < -0.39 is 0 Å². The molecule has 2 heterocycles. The maximum absolute atomic E-state index is 11.7. The second-order valence-corrected chi connectivity index (χ2v) is 8.82. The van der Waals surface area contributed by atoms with Crippen molar-refractivity contribution < 1.29 is 4.79 Å². The van der Waals surface area contributed by atoms with Gasteiger partial charge in [0.05, 0.1) is 12.6 Å². The van der Waals surface area contributed by atoms with Crippen molar-refractivity contribution in [2.24, 2.45) is 4.99 Å². The van der Waals surface area contributed by atoms with E-state index in [-0.39, 0.29) is 5.91 Å². The summed E-state index contributed by atoms with van der Waals surface area (Å²) in [6, 6.07) is 12.7. The van der Waals surface area contributed by atoms with Crippen molar-refractivity contribution in [2.75, 3.05) is 31.5 Å². The molecule has 2 aromatic rings. The number of carbonyl (C=O) groups is 1. The van der Waals surface area contributed by atoms with Gasteiger partial charge in [-0.15, -0.1) is 11.3 Å². The molecule has 3 N–H and O–H groups in total. The Morgan fingerprint density at radius 3 is 2.55 bits per heavy atom. The number of hydrogen-bond acceptors (Lipinski definition) is 4. The quantitative estimate of drug-likeness (QED) is 0.378. The van der Waals surface area contributed by atoms with Crippen LogP contribution in [0.4, 0.5) is 5.69 Å². The van der Waals surface area contributed by atoms with Crippen LogP contribution >= 0.6 is 11.3 Å². The predicted octanol–water partition coefficient (Wildman–Crippen LogP) is 4.38. The van der Waals surface area contributed by atoms with E-state index in [1.165, 1.54) is 30.8 Å². The zero-order valence-electron chi connectivity index (χ0n) is 18.7. The lowest BCUT2D eigenvalue weighted by atomic mass is 10.2. The minimum absolute atomic E-state index is 0.0604. The maximum Gasteiger partial charge on any atom is 0.224 e. The number of hydrogen-bond donors (Lipinski definition) is 3. The van der Waals surface area contributed by atoms with Crippen molar-refractivity contribution in [3.8, 4) is 0 Å². The van der Waals surface area contributed by atoms with Gasteiger partial charge in [-0.05, 0) is 68.4 Å². The molecule has 0 saturated carbocycles. The molecule has 1 aliphatic rings. The van der Waals surface area contributed by atoms with E-state index >= 15 is 0 Å². The SMILES string of the molecule is CCCC(=O)Nc1ccc(CN=C(NCC)NCC(c2cccs2)N2CCCC2)cc1. The third-order valence-electron chi connectivity index (χ3n) is 5.39. The molecule has 1 aliphatic heterocycles. The van der Waals surface area contributed by atoms with Gasteiger partial charge in [0.15, 0.2) is 5.96 Å². The van der Waals surface area contributed by atoms with Crippen LogP contribution < -0.4 is 16.0 Å². The molecule has 0 aliphatic carbocycles. The zero-order valence-corrected chi connectivity index (χ0v) is 19.5. The zero-order chi connectivity index (χ0) is 21.9. The Hall–Kier alpha value is -2.38. The topological polar surface area (TPSA) is 68.8 Å². The Labute approximate surface area is 190 Å². The van der Waals surface area contributed by atoms with E-state index in [9.17, 15) is 4.79 Å². The van der Waals surface area contributed by atoms with Crippen molar-refractivity contribution in [3.63, 3.8) is 0 Å². The molecule has 1 aromatic heterocycles. The van der Waals surface area contributed by atoms with Gasteiger partial charge in [0.2, 0.25) is 5.91 Å². The molecule has 1 unspecified atom stereocenters. The Kier molecular flexibility index (Phi) is 9.37. The molecule has 0 bridgehead atoms. The van der Waals surface area contributed by atoms with Crippen LogP contribution in [0, 0.1) is 0 Å². The van der Waals surface area contributed by atoms with Gasteiger partial charge >= 0.3 is 0 Å². The van der Waals surface area contributed by atoms with Crippen molar-refractivity contribution in [3.05, 3.63) is 52.2 Å². The molecule has 3 rings (SSSR count). The fourth-order valence-corrected chi connectivity index (χ4v) is 4.65. The van der Waals surface area contributed by atoms with Crippen molar-refractivity contribution in [1.29, 1.82) is 0 Å². The first kappa shape index (κ1) is 23.3. The highest BCUT2D eigenvalue weighted by Crippen LogP contribution is 2.27. The number of likely N-dealkylation sites (tertiary alicyclic amines) is 1. The van der Waals surface area contributed by atoms with Crippen LogP contribution in [0.1, 0.15) is 56.0 Å². The highest BCUT2D eigenvalue weighted by atomic mass is 32.1. The normalized spacial score (nSPS) is 15.6. The average molecular weight is 442 g/mol. The first-order valence-electron chi connectivity index (χ1n) is 11.4. The Bertz CT molecular complexity index is 813. The molecule has 1 aromatic carbocycles. The molecule has 1 saturated heterocycles. The lowest BCUT2D eigenvalue weighted by molar-refractivity contribution is -0.116. The fourth-order valence-electron chi connectivity index (χ4n) is 3.79. The molecule has 168 valence electrons. The van der Waals surface area contributed by atoms with Crippen LogP contribution in [-0.2, 0) is 11.3 Å². The van der Waals surface area contributed by atoms with Crippen LogP contribution in [0.3, 0.4) is 0 Å². The summed E-state index contributed by atoms with van der Waals surface area (Å²) >= 11 is 1.83. The van der Waals surface area contributed by atoms with Crippen molar-refractivity contribution >= 4 is 28.9 Å². The second kappa shape index (κ2) is 12.5. The molecule has 1 amide bonds. The van der Waals surface area contributed by atoms with Crippen molar-refractivity contribution in [2.45, 2.75) is 52.1 Å². The van der Waals surface area contributed by atoms with E-state index in [1.54, 1.807) is 0 Å². The van der Waals surface area contributed by atoms with Gasteiger partial charge in [0.1, 0.15) is 0 Å². The molecule has 0 spiro atoms. The summed E-state index contributed by atoms with van der Waals surface area (Å²) in [5.74, 6) is 0.897. The van der Waals surface area contributed by atoms with Crippen LogP contribution in [-0.4, -0.2) is 42.9 Å². The molecule has 0 radical (unpaired) electrons. The minimum Gasteiger partial charge on any atom is -0.357 e. The third kappa shape index (κ3) is 7.36. The summed E-state index contributed by atoms with van der Waals surface area (Å²) in [6.07, 6.45) is 3.97. The summed E-state index contributed by atoms with van der Waals surface area (Å²) in [5.41, 5.74) is 1.95. The van der Waals surface area contributed by atoms with Crippen LogP contribution in [0.5, 0.6) is 0 Å². The van der Waals surface area contributed by atoms with Crippen LogP contribution in [0.2, 0.25) is 0 Å². The number of anilines is 1. The second-order valence-electron chi connectivity index (χ2n) is 7.85. The van der Waals surface area contributed by atoms with Crippen LogP contribution in [0.25, 0.3) is 0 Å². The molecule has 7 heteroatoms. The predicted molar refractivity (Wildman–Crippen MR) is 131 cm³/mol. The lowest BCUT2D eigenvalue weighted by Crippen LogP contribution is -2.42. The van der Waals surface area contributed by atoms with E-state index in [0.717, 1.165) is 36.7 Å². The highest BCUT2D eigenvalue weighted by Gasteiger charge is 2.24. The van der Waals surface area contributed by atoms with Crippen molar-refractivity contribution in [1.82, 2.24) is 15.5 Å². The molecule has 31 heavy (non-hydrogen) atoms. The summed E-state index contributed by atoms with van der Waals surface area (Å²) in [5, 5.41) is 12.0. The number of thiophene rings is 1. The maximum atomic E-state index is 11.7. The first-order valence-corrected chi connectivity index (χ1v) is 12.3. The number of benzene rings is 1. The van der Waals surface area contributed by atoms with Gasteiger partial charge in [0.25, 0.3) is 0 Å². The molecule has 6 nitrogen and oxygen atoms in total. The Balaban J connectivity index is 1.58. The highest BCUT2D eigenvalue weighted by molar-refractivity contribution is 7.10. The van der Waals surface area contributed by atoms with E-state index in [4.69, 9.17) is 4.99 Å². The van der Waals surface area contributed by atoms with E-state index in [1.807, 2.05) is 42.5 Å². The summed E-state index contributed by atoms with van der Waals surface area (Å²) < 4.78 is 0. The first-order chi connectivity index (χ1) is 15.2. The van der Waals surface area contributed by atoms with Crippen LogP contribution in [0.15, 0.2) is 46.8 Å². The summed E-state index contributed by atoms with van der Waals surface area (Å²) in [7, 11) is 0.